The molecule has 0 aliphatic carbocycles. The number of rotatable bonds is 0. The van der Waals surface area contributed by atoms with Gasteiger partial charge in [-0.05, 0) is 13.8 Å². The Kier molecular flexibility index (Phi) is 1.12. The molecular formula is C5H7BN2. The highest BCUT2D eigenvalue weighted by Gasteiger charge is 1.93. The van der Waals surface area contributed by atoms with Crippen molar-refractivity contribution in [2.24, 2.45) is 0 Å². The molecule has 0 saturated carbocycles. The lowest BCUT2D eigenvalue weighted by molar-refractivity contribution is 1.13. The van der Waals surface area contributed by atoms with Crippen LogP contribution >= 0.6 is 0 Å². The van der Waals surface area contributed by atoms with Crippen molar-refractivity contribution >= 4 is 7.98 Å². The summed E-state index contributed by atoms with van der Waals surface area (Å²) < 4.78 is 1.51. The molecule has 40 valence electrons. The first-order chi connectivity index (χ1) is 3.72. The molecule has 1 rings (SSSR count). The van der Waals surface area contributed by atoms with Crippen LogP contribution in [0.2, 0.25) is 0 Å². The standard InChI is InChI=1S/C5H7BN2/c1-4-5(2)8(6)3-7-4/h3H,1-2H3. The van der Waals surface area contributed by atoms with Crippen LogP contribution < -0.4 is 0 Å². The average Bonchev–Trinajstić information content (AvgIpc) is 1.98. The van der Waals surface area contributed by atoms with E-state index in [4.69, 9.17) is 7.98 Å². The maximum absolute atomic E-state index is 5.39. The second-order valence-electron chi connectivity index (χ2n) is 1.82. The summed E-state index contributed by atoms with van der Waals surface area (Å²) >= 11 is 0. The van der Waals surface area contributed by atoms with Gasteiger partial charge in [0.05, 0.1) is 12.0 Å². The number of hydrogen-bond donors (Lipinski definition) is 0. The van der Waals surface area contributed by atoms with Gasteiger partial charge in [0.25, 0.3) is 0 Å². The molecule has 1 aromatic rings. The molecule has 8 heavy (non-hydrogen) atoms. The Morgan fingerprint density at radius 2 is 2.25 bits per heavy atom. The van der Waals surface area contributed by atoms with E-state index in [1.165, 1.54) is 4.48 Å². The Labute approximate surface area is 50.0 Å². The van der Waals surface area contributed by atoms with Gasteiger partial charge in [-0.25, -0.2) is 4.98 Å². The van der Waals surface area contributed by atoms with Crippen LogP contribution in [0.4, 0.5) is 0 Å². The van der Waals surface area contributed by atoms with Gasteiger partial charge in [-0.15, -0.1) is 0 Å². The maximum Gasteiger partial charge on any atom is 0.235 e. The molecule has 0 N–H and O–H groups in total. The second kappa shape index (κ2) is 1.65. The van der Waals surface area contributed by atoms with Crippen molar-refractivity contribution in [3.05, 3.63) is 17.7 Å². The fourth-order valence-electron chi connectivity index (χ4n) is 0.516. The first kappa shape index (κ1) is 5.41. The smallest absolute Gasteiger partial charge is 0.235 e. The van der Waals surface area contributed by atoms with Gasteiger partial charge in [-0.2, -0.15) is 0 Å². The van der Waals surface area contributed by atoms with Crippen molar-refractivity contribution in [3.63, 3.8) is 0 Å². The van der Waals surface area contributed by atoms with Gasteiger partial charge in [-0.1, -0.05) is 0 Å². The SMILES string of the molecule is [B]n1cnc(C)c1C. The zero-order chi connectivity index (χ0) is 6.15. The normalized spacial score (nSPS) is 9.75. The van der Waals surface area contributed by atoms with Gasteiger partial charge in [0.15, 0.2) is 0 Å². The van der Waals surface area contributed by atoms with E-state index in [1.807, 2.05) is 13.8 Å². The largest absolute Gasteiger partial charge is 0.391 e. The first-order valence-electron chi connectivity index (χ1n) is 2.47. The van der Waals surface area contributed by atoms with E-state index in [9.17, 15) is 0 Å². The Hall–Kier alpha value is -0.725. The van der Waals surface area contributed by atoms with Gasteiger partial charge in [0, 0.05) is 5.69 Å². The van der Waals surface area contributed by atoms with Crippen LogP contribution in [0.15, 0.2) is 6.33 Å². The molecular weight excluding hydrogens is 98.9 g/mol. The van der Waals surface area contributed by atoms with Crippen LogP contribution in [-0.4, -0.2) is 17.4 Å². The van der Waals surface area contributed by atoms with E-state index in [2.05, 4.69) is 4.98 Å². The molecule has 0 amide bonds. The van der Waals surface area contributed by atoms with E-state index in [0.29, 0.717) is 0 Å². The molecule has 2 radical (unpaired) electrons. The van der Waals surface area contributed by atoms with Crippen LogP contribution in [0.25, 0.3) is 0 Å². The van der Waals surface area contributed by atoms with Gasteiger partial charge >= 0.3 is 0 Å². The summed E-state index contributed by atoms with van der Waals surface area (Å²) in [6.45, 7) is 3.86. The lowest BCUT2D eigenvalue weighted by atomic mass is 10.3. The molecule has 0 atom stereocenters. The van der Waals surface area contributed by atoms with Crippen LogP contribution in [0, 0.1) is 13.8 Å². The number of aromatic nitrogens is 2. The Balaban J connectivity index is 3.19. The Morgan fingerprint density at radius 3 is 2.38 bits per heavy atom. The quantitative estimate of drug-likeness (QED) is 0.438. The molecule has 2 nitrogen and oxygen atoms in total. The summed E-state index contributed by atoms with van der Waals surface area (Å²) in [7, 11) is 5.39. The second-order valence-corrected chi connectivity index (χ2v) is 1.82. The molecule has 0 saturated heterocycles. The minimum absolute atomic E-state index is 0.993. The van der Waals surface area contributed by atoms with Gasteiger partial charge in [-0.3, -0.25) is 0 Å². The summed E-state index contributed by atoms with van der Waals surface area (Å²) in [6, 6.07) is 0. The van der Waals surface area contributed by atoms with E-state index >= 15 is 0 Å². The van der Waals surface area contributed by atoms with Crippen molar-refractivity contribution in [3.8, 4) is 0 Å². The fourth-order valence-corrected chi connectivity index (χ4v) is 0.516. The van der Waals surface area contributed by atoms with Crippen molar-refractivity contribution in [1.82, 2.24) is 9.46 Å². The summed E-state index contributed by atoms with van der Waals surface area (Å²) in [6.07, 6.45) is 1.60. The minimum Gasteiger partial charge on any atom is -0.391 e. The summed E-state index contributed by atoms with van der Waals surface area (Å²) in [5.74, 6) is 0. The molecule has 1 aromatic heterocycles. The third-order valence-electron chi connectivity index (χ3n) is 1.29. The molecule has 0 bridgehead atoms. The predicted molar refractivity (Wildman–Crippen MR) is 32.9 cm³/mol. The minimum atomic E-state index is 0.993. The van der Waals surface area contributed by atoms with Gasteiger partial charge in [0.2, 0.25) is 7.98 Å². The molecule has 3 heteroatoms. The monoisotopic (exact) mass is 106 g/mol. The fraction of sp³-hybridized carbons (Fsp3) is 0.400. The van der Waals surface area contributed by atoms with Crippen LogP contribution in [0.5, 0.6) is 0 Å². The maximum atomic E-state index is 5.39. The third-order valence-corrected chi connectivity index (χ3v) is 1.29. The zero-order valence-corrected chi connectivity index (χ0v) is 5.05. The molecule has 0 fully saturated rings. The van der Waals surface area contributed by atoms with Crippen LogP contribution in [0.1, 0.15) is 11.4 Å². The number of imidazole rings is 1. The molecule has 0 aliphatic heterocycles. The zero-order valence-electron chi connectivity index (χ0n) is 5.05. The van der Waals surface area contributed by atoms with E-state index in [-0.39, 0.29) is 0 Å². The molecule has 0 unspecified atom stereocenters. The van der Waals surface area contributed by atoms with E-state index in [0.717, 1.165) is 11.4 Å². The highest BCUT2D eigenvalue weighted by molar-refractivity contribution is 6.06. The van der Waals surface area contributed by atoms with Crippen molar-refractivity contribution < 1.29 is 0 Å². The lowest BCUT2D eigenvalue weighted by Crippen LogP contribution is -1.90. The number of hydrogen-bond acceptors (Lipinski definition) is 1. The summed E-state index contributed by atoms with van der Waals surface area (Å²) in [5.41, 5.74) is 2.01. The van der Waals surface area contributed by atoms with Crippen molar-refractivity contribution in [2.75, 3.05) is 0 Å². The highest BCUT2D eigenvalue weighted by atomic mass is 15.0. The average molecular weight is 106 g/mol. The van der Waals surface area contributed by atoms with Crippen LogP contribution in [0.3, 0.4) is 0 Å². The Morgan fingerprint density at radius 1 is 1.62 bits per heavy atom. The molecule has 0 aliphatic rings. The van der Waals surface area contributed by atoms with Crippen molar-refractivity contribution in [2.45, 2.75) is 13.8 Å². The van der Waals surface area contributed by atoms with Crippen molar-refractivity contribution in [1.29, 1.82) is 0 Å². The topological polar surface area (TPSA) is 17.8 Å². The van der Waals surface area contributed by atoms with E-state index < -0.39 is 0 Å². The Bertz CT molecular complexity index is 173. The van der Waals surface area contributed by atoms with Gasteiger partial charge < -0.3 is 4.48 Å². The number of aryl methyl sites for hydroxylation is 1. The molecule has 1 heterocycles. The third kappa shape index (κ3) is 0.640. The van der Waals surface area contributed by atoms with Gasteiger partial charge in [0.1, 0.15) is 0 Å². The van der Waals surface area contributed by atoms with Crippen LogP contribution in [-0.2, 0) is 0 Å². The predicted octanol–water partition coefficient (Wildman–Crippen LogP) is 0.432. The lowest BCUT2D eigenvalue weighted by Gasteiger charge is -1.91. The first-order valence-corrected chi connectivity index (χ1v) is 2.47. The van der Waals surface area contributed by atoms with E-state index in [1.54, 1.807) is 6.33 Å². The number of nitrogens with zero attached hydrogens (tertiary/aromatic N) is 2. The highest BCUT2D eigenvalue weighted by Crippen LogP contribution is 1.98. The molecule has 0 spiro atoms. The molecule has 0 aromatic carbocycles. The summed E-state index contributed by atoms with van der Waals surface area (Å²) in [4.78, 5) is 3.95. The summed E-state index contributed by atoms with van der Waals surface area (Å²) in [5, 5.41) is 0.